The second-order valence-electron chi connectivity index (χ2n) is 9.50. The average molecular weight is 463 g/mol. The number of hydrogen-bond donors (Lipinski definition) is 1. The number of nitrogens with one attached hydrogen (secondary N) is 1. The van der Waals surface area contributed by atoms with Crippen LogP contribution in [0.15, 0.2) is 23.1 Å². The zero-order chi connectivity index (χ0) is 23.3. The highest BCUT2D eigenvalue weighted by Crippen LogP contribution is 2.25. The number of imidazole rings is 1. The Morgan fingerprint density at radius 3 is 2.53 bits per heavy atom. The van der Waals surface area contributed by atoms with Crippen LogP contribution in [0, 0.1) is 5.92 Å². The molecule has 1 aromatic carbocycles. The van der Waals surface area contributed by atoms with Gasteiger partial charge in [0.15, 0.2) is 0 Å². The van der Waals surface area contributed by atoms with E-state index in [4.69, 9.17) is 0 Å². The standard InChI is InChI=1S/C24H38N4O3S/c1-18(2)9-8-10-19(3)25-24(29)14-13-23-26-21-17-20(11-12-22(21)27(23)4)32(30,31)28-15-6-5-7-16-28/h11-12,17-19H,5-10,13-16H2,1-4H3,(H,25,29). The van der Waals surface area contributed by atoms with E-state index in [1.807, 2.05) is 17.7 Å². The first-order valence-corrected chi connectivity index (χ1v) is 13.4. The summed E-state index contributed by atoms with van der Waals surface area (Å²) in [4.78, 5) is 17.3. The van der Waals surface area contributed by atoms with Crippen LogP contribution in [0.5, 0.6) is 0 Å². The molecule has 1 aliphatic rings. The Hall–Kier alpha value is -1.93. The van der Waals surface area contributed by atoms with E-state index in [0.717, 1.165) is 43.4 Å². The highest BCUT2D eigenvalue weighted by atomic mass is 32.2. The number of nitrogens with zero attached hydrogens (tertiary/aromatic N) is 3. The van der Waals surface area contributed by atoms with Gasteiger partial charge in [-0.15, -0.1) is 0 Å². The number of piperidine rings is 1. The Bertz CT molecular complexity index is 1020. The summed E-state index contributed by atoms with van der Waals surface area (Å²) in [5.41, 5.74) is 1.53. The Kier molecular flexibility index (Phi) is 8.33. The molecule has 32 heavy (non-hydrogen) atoms. The lowest BCUT2D eigenvalue weighted by atomic mass is 10.0. The molecule has 1 N–H and O–H groups in total. The molecule has 1 atom stereocenters. The Balaban J connectivity index is 1.63. The molecule has 2 heterocycles. The lowest BCUT2D eigenvalue weighted by molar-refractivity contribution is -0.121. The predicted octanol–water partition coefficient (Wildman–Crippen LogP) is 4.01. The van der Waals surface area contributed by atoms with Crippen LogP contribution in [0.25, 0.3) is 11.0 Å². The second-order valence-corrected chi connectivity index (χ2v) is 11.4. The van der Waals surface area contributed by atoms with Crippen LogP contribution < -0.4 is 5.32 Å². The number of hydrogen-bond acceptors (Lipinski definition) is 4. The summed E-state index contributed by atoms with van der Waals surface area (Å²) in [5.74, 6) is 1.50. The molecule has 0 saturated carbocycles. The molecule has 178 valence electrons. The van der Waals surface area contributed by atoms with E-state index >= 15 is 0 Å². The van der Waals surface area contributed by atoms with Gasteiger partial charge in [0.05, 0.1) is 15.9 Å². The van der Waals surface area contributed by atoms with E-state index < -0.39 is 10.0 Å². The van der Waals surface area contributed by atoms with Crippen molar-refractivity contribution in [2.75, 3.05) is 13.1 Å². The number of aromatic nitrogens is 2. The lowest BCUT2D eigenvalue weighted by Crippen LogP contribution is -2.35. The number of benzene rings is 1. The van der Waals surface area contributed by atoms with Gasteiger partial charge >= 0.3 is 0 Å². The number of sulfonamides is 1. The summed E-state index contributed by atoms with van der Waals surface area (Å²) in [5, 5.41) is 3.08. The Labute approximate surface area is 192 Å². The van der Waals surface area contributed by atoms with Crippen molar-refractivity contribution in [2.45, 2.75) is 83.1 Å². The molecule has 0 bridgehead atoms. The van der Waals surface area contributed by atoms with Crippen LogP contribution in [-0.4, -0.2) is 47.3 Å². The number of rotatable bonds is 10. The first-order chi connectivity index (χ1) is 15.2. The van der Waals surface area contributed by atoms with E-state index in [9.17, 15) is 13.2 Å². The van der Waals surface area contributed by atoms with Crippen molar-refractivity contribution in [3.05, 3.63) is 24.0 Å². The first-order valence-electron chi connectivity index (χ1n) is 11.9. The Morgan fingerprint density at radius 2 is 1.84 bits per heavy atom. The monoisotopic (exact) mass is 462 g/mol. The van der Waals surface area contributed by atoms with Gasteiger partial charge in [0.25, 0.3) is 0 Å². The third kappa shape index (κ3) is 6.10. The van der Waals surface area contributed by atoms with E-state index in [2.05, 4.69) is 31.1 Å². The van der Waals surface area contributed by atoms with Crippen LogP contribution >= 0.6 is 0 Å². The van der Waals surface area contributed by atoms with Gasteiger partial charge in [-0.05, 0) is 50.3 Å². The zero-order valence-corrected chi connectivity index (χ0v) is 20.7. The molecule has 1 saturated heterocycles. The smallest absolute Gasteiger partial charge is 0.243 e. The van der Waals surface area contributed by atoms with Crippen molar-refractivity contribution in [1.29, 1.82) is 0 Å². The van der Waals surface area contributed by atoms with E-state index in [1.54, 1.807) is 16.4 Å². The molecule has 1 amide bonds. The summed E-state index contributed by atoms with van der Waals surface area (Å²) in [7, 11) is -1.58. The number of amides is 1. The van der Waals surface area contributed by atoms with Gasteiger partial charge in [0.2, 0.25) is 15.9 Å². The van der Waals surface area contributed by atoms with Gasteiger partial charge in [0, 0.05) is 39.0 Å². The highest BCUT2D eigenvalue weighted by molar-refractivity contribution is 7.89. The van der Waals surface area contributed by atoms with Gasteiger partial charge in [-0.25, -0.2) is 13.4 Å². The van der Waals surface area contributed by atoms with E-state index in [0.29, 0.717) is 42.3 Å². The number of fused-ring (bicyclic) bond motifs is 1. The molecule has 7 nitrogen and oxygen atoms in total. The molecular formula is C24H38N4O3S. The van der Waals surface area contributed by atoms with E-state index in [-0.39, 0.29) is 11.9 Å². The minimum atomic E-state index is -3.49. The lowest BCUT2D eigenvalue weighted by Gasteiger charge is -2.25. The average Bonchev–Trinajstić information content (AvgIpc) is 3.07. The fourth-order valence-electron chi connectivity index (χ4n) is 4.34. The number of carbonyl (C=O) groups excluding carboxylic acids is 1. The summed E-state index contributed by atoms with van der Waals surface area (Å²) < 4.78 is 29.5. The molecule has 1 aliphatic heterocycles. The molecule has 0 aliphatic carbocycles. The Morgan fingerprint density at radius 1 is 1.12 bits per heavy atom. The zero-order valence-electron chi connectivity index (χ0n) is 19.9. The second kappa shape index (κ2) is 10.8. The summed E-state index contributed by atoms with van der Waals surface area (Å²) in [6.07, 6.45) is 7.07. The molecule has 2 aromatic rings. The first kappa shape index (κ1) is 24.7. The highest BCUT2D eigenvalue weighted by Gasteiger charge is 2.26. The number of carbonyl (C=O) groups is 1. The van der Waals surface area contributed by atoms with Gasteiger partial charge in [0.1, 0.15) is 5.82 Å². The SMILES string of the molecule is CC(C)CCCC(C)NC(=O)CCc1nc2cc(S(=O)(=O)N3CCCCC3)ccc2n1C. The van der Waals surface area contributed by atoms with Crippen molar-refractivity contribution in [3.8, 4) is 0 Å². The topological polar surface area (TPSA) is 84.3 Å². The molecule has 3 rings (SSSR count). The maximum Gasteiger partial charge on any atom is 0.243 e. The van der Waals surface area contributed by atoms with Gasteiger partial charge in [-0.1, -0.05) is 33.1 Å². The van der Waals surface area contributed by atoms with Gasteiger partial charge < -0.3 is 9.88 Å². The third-order valence-corrected chi connectivity index (χ3v) is 8.19. The van der Waals surface area contributed by atoms with Crippen molar-refractivity contribution in [1.82, 2.24) is 19.2 Å². The van der Waals surface area contributed by atoms with Crippen LogP contribution in [-0.2, 0) is 28.3 Å². The van der Waals surface area contributed by atoms with Crippen molar-refractivity contribution in [2.24, 2.45) is 13.0 Å². The summed E-state index contributed by atoms with van der Waals surface area (Å²) in [6.45, 7) is 7.65. The van der Waals surface area contributed by atoms with Crippen LogP contribution in [0.3, 0.4) is 0 Å². The van der Waals surface area contributed by atoms with Crippen LogP contribution in [0.1, 0.15) is 71.5 Å². The maximum atomic E-state index is 13.0. The fraction of sp³-hybridized carbons (Fsp3) is 0.667. The van der Waals surface area contributed by atoms with Crippen LogP contribution in [0.2, 0.25) is 0 Å². The van der Waals surface area contributed by atoms with E-state index in [1.165, 1.54) is 6.42 Å². The van der Waals surface area contributed by atoms with Gasteiger partial charge in [-0.2, -0.15) is 4.31 Å². The molecular weight excluding hydrogens is 424 g/mol. The summed E-state index contributed by atoms with van der Waals surface area (Å²) in [6, 6.07) is 5.33. The van der Waals surface area contributed by atoms with Crippen LogP contribution in [0.4, 0.5) is 0 Å². The van der Waals surface area contributed by atoms with Crippen molar-refractivity contribution in [3.63, 3.8) is 0 Å². The molecule has 0 spiro atoms. The molecule has 1 aromatic heterocycles. The number of aryl methyl sites for hydroxylation is 2. The van der Waals surface area contributed by atoms with Gasteiger partial charge in [-0.3, -0.25) is 4.79 Å². The molecule has 1 unspecified atom stereocenters. The fourth-order valence-corrected chi connectivity index (χ4v) is 5.88. The molecule has 1 fully saturated rings. The quantitative estimate of drug-likeness (QED) is 0.578. The largest absolute Gasteiger partial charge is 0.354 e. The minimum Gasteiger partial charge on any atom is -0.354 e. The maximum absolute atomic E-state index is 13.0. The third-order valence-electron chi connectivity index (χ3n) is 6.30. The summed E-state index contributed by atoms with van der Waals surface area (Å²) >= 11 is 0. The predicted molar refractivity (Wildman–Crippen MR) is 128 cm³/mol. The minimum absolute atomic E-state index is 0.0301. The molecule has 8 heteroatoms. The normalized spacial score (nSPS) is 16.5. The van der Waals surface area contributed by atoms with Crippen molar-refractivity contribution >= 4 is 27.0 Å². The molecule has 0 radical (unpaired) electrons. The van der Waals surface area contributed by atoms with Crippen molar-refractivity contribution < 1.29 is 13.2 Å².